The van der Waals surface area contributed by atoms with Crippen LogP contribution in [-0.2, 0) is 4.79 Å². The molecule has 1 atom stereocenters. The Labute approximate surface area is 88.7 Å². The van der Waals surface area contributed by atoms with Gasteiger partial charge in [0, 0.05) is 6.42 Å². The number of carboxylic acid groups (broad SMARTS) is 1. The minimum absolute atomic E-state index is 0.294. The molecule has 0 radical (unpaired) electrons. The lowest BCUT2D eigenvalue weighted by Crippen LogP contribution is -2.29. The molecule has 0 aromatic heterocycles. The van der Waals surface area contributed by atoms with Crippen molar-refractivity contribution in [3.8, 4) is 5.75 Å². The number of ether oxygens (including phenoxy) is 1. The normalized spacial score (nSPS) is 12.1. The second-order valence-electron chi connectivity index (χ2n) is 3.34. The Morgan fingerprint density at radius 2 is 2.07 bits per heavy atom. The summed E-state index contributed by atoms with van der Waals surface area (Å²) in [5, 5.41) is 8.84. The van der Waals surface area contributed by atoms with E-state index in [-0.39, 0.29) is 0 Å². The van der Waals surface area contributed by atoms with E-state index in [1.165, 1.54) is 0 Å². The van der Waals surface area contributed by atoms with Crippen molar-refractivity contribution in [2.45, 2.75) is 19.4 Å². The molecule has 3 N–H and O–H groups in total. The van der Waals surface area contributed by atoms with Gasteiger partial charge >= 0.3 is 5.97 Å². The number of benzene rings is 1. The van der Waals surface area contributed by atoms with Crippen molar-refractivity contribution in [2.75, 3.05) is 6.54 Å². The molecule has 1 rings (SSSR count). The molecule has 0 aliphatic carbocycles. The van der Waals surface area contributed by atoms with Crippen LogP contribution in [0.2, 0.25) is 0 Å². The summed E-state index contributed by atoms with van der Waals surface area (Å²) in [6.07, 6.45) is -0.554. The van der Waals surface area contributed by atoms with Gasteiger partial charge in [0.2, 0.25) is 0 Å². The van der Waals surface area contributed by atoms with Gasteiger partial charge in [0.1, 0.15) is 5.75 Å². The van der Waals surface area contributed by atoms with Crippen molar-refractivity contribution in [3.05, 3.63) is 29.8 Å². The molecular formula is C11H15NO3. The molecule has 0 saturated heterocycles. The molecule has 0 spiro atoms. The number of aryl methyl sites for hydroxylation is 1. The van der Waals surface area contributed by atoms with Crippen LogP contribution in [0.5, 0.6) is 5.75 Å². The summed E-state index contributed by atoms with van der Waals surface area (Å²) in [6, 6.07) is 7.25. The number of nitrogens with two attached hydrogens (primary N) is 1. The first-order chi connectivity index (χ1) is 7.13. The van der Waals surface area contributed by atoms with Crippen molar-refractivity contribution in [1.82, 2.24) is 0 Å². The van der Waals surface area contributed by atoms with Crippen molar-refractivity contribution in [3.63, 3.8) is 0 Å². The first kappa shape index (κ1) is 11.5. The molecule has 0 bridgehead atoms. The van der Waals surface area contributed by atoms with Gasteiger partial charge in [0.05, 0.1) is 0 Å². The minimum atomic E-state index is -0.985. The van der Waals surface area contributed by atoms with Gasteiger partial charge in [-0.1, -0.05) is 17.7 Å². The number of hydrogen-bond acceptors (Lipinski definition) is 3. The smallest absolute Gasteiger partial charge is 0.344 e. The fourth-order valence-electron chi connectivity index (χ4n) is 1.17. The van der Waals surface area contributed by atoms with Crippen LogP contribution in [0.15, 0.2) is 24.3 Å². The molecule has 0 aliphatic rings. The molecule has 0 fully saturated rings. The van der Waals surface area contributed by atoms with E-state index in [4.69, 9.17) is 15.6 Å². The summed E-state index contributed by atoms with van der Waals surface area (Å²) in [4.78, 5) is 10.8. The molecule has 0 saturated carbocycles. The third kappa shape index (κ3) is 3.59. The van der Waals surface area contributed by atoms with Crippen LogP contribution in [-0.4, -0.2) is 23.7 Å². The molecule has 82 valence electrons. The highest BCUT2D eigenvalue weighted by molar-refractivity contribution is 5.72. The average molecular weight is 209 g/mol. The lowest BCUT2D eigenvalue weighted by molar-refractivity contribution is -0.145. The van der Waals surface area contributed by atoms with Crippen LogP contribution in [0.4, 0.5) is 0 Å². The first-order valence-corrected chi connectivity index (χ1v) is 4.79. The van der Waals surface area contributed by atoms with Crippen molar-refractivity contribution < 1.29 is 14.6 Å². The van der Waals surface area contributed by atoms with Gasteiger partial charge in [0.25, 0.3) is 0 Å². The minimum Gasteiger partial charge on any atom is -0.479 e. The first-order valence-electron chi connectivity index (χ1n) is 4.79. The number of aliphatic carboxylic acids is 1. The zero-order chi connectivity index (χ0) is 11.3. The average Bonchev–Trinajstić information content (AvgIpc) is 2.20. The molecule has 0 aliphatic heterocycles. The van der Waals surface area contributed by atoms with E-state index in [9.17, 15) is 4.79 Å². The summed E-state index contributed by atoms with van der Waals surface area (Å²) in [5.74, 6) is -0.428. The van der Waals surface area contributed by atoms with Crippen molar-refractivity contribution in [2.24, 2.45) is 5.73 Å². The predicted molar refractivity (Wildman–Crippen MR) is 56.9 cm³/mol. The zero-order valence-electron chi connectivity index (χ0n) is 8.64. The monoisotopic (exact) mass is 209 g/mol. The predicted octanol–water partition coefficient (Wildman–Crippen LogP) is 1.18. The molecule has 1 aromatic rings. The second kappa shape index (κ2) is 5.36. The van der Waals surface area contributed by atoms with Gasteiger partial charge in [-0.3, -0.25) is 0 Å². The lowest BCUT2D eigenvalue weighted by atomic mass is 10.2. The second-order valence-corrected chi connectivity index (χ2v) is 3.34. The Morgan fingerprint density at radius 1 is 1.47 bits per heavy atom. The van der Waals surface area contributed by atoms with E-state index >= 15 is 0 Å². The maximum absolute atomic E-state index is 10.8. The number of rotatable bonds is 5. The van der Waals surface area contributed by atoms with Crippen LogP contribution in [0.25, 0.3) is 0 Å². The fourth-order valence-corrected chi connectivity index (χ4v) is 1.17. The lowest BCUT2D eigenvalue weighted by Gasteiger charge is -2.14. The Hall–Kier alpha value is -1.55. The molecule has 15 heavy (non-hydrogen) atoms. The SMILES string of the molecule is Cc1ccc(OC(CCN)C(=O)O)cc1. The van der Waals surface area contributed by atoms with Crippen molar-refractivity contribution >= 4 is 5.97 Å². The highest BCUT2D eigenvalue weighted by atomic mass is 16.5. The Morgan fingerprint density at radius 3 is 2.53 bits per heavy atom. The molecule has 0 amide bonds. The van der Waals surface area contributed by atoms with Crippen LogP contribution in [0.1, 0.15) is 12.0 Å². The highest BCUT2D eigenvalue weighted by Gasteiger charge is 2.17. The number of hydrogen-bond donors (Lipinski definition) is 2. The van der Waals surface area contributed by atoms with Gasteiger partial charge in [-0.15, -0.1) is 0 Å². The highest BCUT2D eigenvalue weighted by Crippen LogP contribution is 2.14. The molecule has 0 heterocycles. The van der Waals surface area contributed by atoms with E-state index in [2.05, 4.69) is 0 Å². The van der Waals surface area contributed by atoms with Gasteiger partial charge in [-0.25, -0.2) is 4.79 Å². The van der Waals surface area contributed by atoms with Gasteiger partial charge in [-0.05, 0) is 25.6 Å². The molecule has 4 heteroatoms. The molecule has 1 aromatic carbocycles. The maximum Gasteiger partial charge on any atom is 0.344 e. The number of carbonyl (C=O) groups is 1. The summed E-state index contributed by atoms with van der Waals surface area (Å²) in [7, 11) is 0. The summed E-state index contributed by atoms with van der Waals surface area (Å²) >= 11 is 0. The van der Waals surface area contributed by atoms with E-state index in [1.807, 2.05) is 19.1 Å². The maximum atomic E-state index is 10.8. The third-order valence-corrected chi connectivity index (χ3v) is 2.00. The summed E-state index contributed by atoms with van der Waals surface area (Å²) in [5.41, 5.74) is 6.41. The standard InChI is InChI=1S/C11H15NO3/c1-8-2-4-9(5-3-8)15-10(6-7-12)11(13)14/h2-5,10H,6-7,12H2,1H3,(H,13,14). The number of carboxylic acids is 1. The van der Waals surface area contributed by atoms with Crippen LogP contribution < -0.4 is 10.5 Å². The molecular weight excluding hydrogens is 194 g/mol. The topological polar surface area (TPSA) is 72.5 Å². The Kier molecular flexibility index (Phi) is 4.12. The van der Waals surface area contributed by atoms with Crippen molar-refractivity contribution in [1.29, 1.82) is 0 Å². The molecule has 1 unspecified atom stereocenters. The molecule has 4 nitrogen and oxygen atoms in total. The van der Waals surface area contributed by atoms with Gasteiger partial charge < -0.3 is 15.6 Å². The van der Waals surface area contributed by atoms with E-state index < -0.39 is 12.1 Å². The van der Waals surface area contributed by atoms with Crippen LogP contribution in [0, 0.1) is 6.92 Å². The summed E-state index contributed by atoms with van der Waals surface area (Å²) < 4.78 is 5.29. The van der Waals surface area contributed by atoms with E-state index in [1.54, 1.807) is 12.1 Å². The zero-order valence-corrected chi connectivity index (χ0v) is 8.64. The van der Waals surface area contributed by atoms with Crippen LogP contribution >= 0.6 is 0 Å². The largest absolute Gasteiger partial charge is 0.479 e. The van der Waals surface area contributed by atoms with Gasteiger partial charge in [0.15, 0.2) is 6.10 Å². The van der Waals surface area contributed by atoms with Gasteiger partial charge in [-0.2, -0.15) is 0 Å². The van der Waals surface area contributed by atoms with Crippen LogP contribution in [0.3, 0.4) is 0 Å². The Balaban J connectivity index is 2.65. The van der Waals surface area contributed by atoms with E-state index in [0.29, 0.717) is 18.7 Å². The fraction of sp³-hybridized carbons (Fsp3) is 0.364. The summed E-state index contributed by atoms with van der Waals surface area (Å²) in [6.45, 7) is 2.25. The third-order valence-electron chi connectivity index (χ3n) is 2.00. The van der Waals surface area contributed by atoms with E-state index in [0.717, 1.165) is 5.56 Å². The quantitative estimate of drug-likeness (QED) is 0.763. The Bertz CT molecular complexity index is 321.